The third kappa shape index (κ3) is 6.30. The van der Waals surface area contributed by atoms with E-state index in [1.807, 2.05) is 0 Å². The van der Waals surface area contributed by atoms with Crippen LogP contribution in [-0.4, -0.2) is 54.6 Å². The van der Waals surface area contributed by atoms with Crippen LogP contribution in [0.3, 0.4) is 0 Å². The number of carbonyl (C=O) groups excluding carboxylic acids is 1. The molecular formula is C21H26ClFN4O5. The van der Waals surface area contributed by atoms with Gasteiger partial charge in [-0.3, -0.25) is 4.79 Å². The maximum Gasteiger partial charge on any atom is 0.414 e. The quantitative estimate of drug-likeness (QED) is 0.512. The van der Waals surface area contributed by atoms with Crippen molar-refractivity contribution in [3.63, 3.8) is 0 Å². The summed E-state index contributed by atoms with van der Waals surface area (Å²) in [5.74, 6) is -0.183. The van der Waals surface area contributed by atoms with Gasteiger partial charge in [-0.25, -0.2) is 4.39 Å². The number of nitrogens with one attached hydrogen (secondary N) is 2. The number of ether oxygens (including phenoxy) is 3. The molecule has 0 radical (unpaired) electrons. The molecule has 2 aliphatic rings. The van der Waals surface area contributed by atoms with Crippen molar-refractivity contribution in [2.75, 3.05) is 26.4 Å². The van der Waals surface area contributed by atoms with E-state index in [2.05, 4.69) is 20.8 Å². The Labute approximate surface area is 189 Å². The van der Waals surface area contributed by atoms with E-state index in [1.165, 1.54) is 18.6 Å². The van der Waals surface area contributed by atoms with Gasteiger partial charge < -0.3 is 29.3 Å². The number of halogens is 2. The van der Waals surface area contributed by atoms with Gasteiger partial charge >= 0.3 is 6.08 Å². The zero-order valence-corrected chi connectivity index (χ0v) is 18.3. The topological polar surface area (TPSA) is 108 Å². The molecule has 32 heavy (non-hydrogen) atoms. The summed E-state index contributed by atoms with van der Waals surface area (Å²) in [6, 6.07) is 3.87. The number of benzene rings is 1. The minimum absolute atomic E-state index is 0.00234. The second-order valence-electron chi connectivity index (χ2n) is 7.85. The molecule has 1 amide bonds. The van der Waals surface area contributed by atoms with Crippen LogP contribution in [0.15, 0.2) is 22.6 Å². The predicted molar refractivity (Wildman–Crippen MR) is 112 cm³/mol. The van der Waals surface area contributed by atoms with Crippen molar-refractivity contribution in [3.05, 3.63) is 34.9 Å². The highest BCUT2D eigenvalue weighted by Crippen LogP contribution is 2.25. The van der Waals surface area contributed by atoms with Crippen LogP contribution in [-0.2, 0) is 9.53 Å². The van der Waals surface area contributed by atoms with Crippen molar-refractivity contribution in [2.24, 2.45) is 0 Å². The molecule has 2 fully saturated rings. The number of hydrogen-bond acceptors (Lipinski definition) is 8. The van der Waals surface area contributed by atoms with Crippen LogP contribution in [0.5, 0.6) is 11.8 Å². The van der Waals surface area contributed by atoms with E-state index >= 15 is 0 Å². The Bertz CT molecular complexity index is 902. The Balaban J connectivity index is 1.13. The van der Waals surface area contributed by atoms with Crippen molar-refractivity contribution in [1.82, 2.24) is 20.8 Å². The Morgan fingerprint density at radius 2 is 2.09 bits per heavy atom. The minimum atomic E-state index is -0.594. The first-order chi connectivity index (χ1) is 15.6. The Kier molecular flexibility index (Phi) is 7.77. The average molecular weight is 469 g/mol. The van der Waals surface area contributed by atoms with E-state index in [4.69, 9.17) is 30.2 Å². The number of amides is 1. The number of rotatable bonds is 10. The summed E-state index contributed by atoms with van der Waals surface area (Å²) in [5, 5.41) is 14.2. The molecule has 1 saturated heterocycles. The Morgan fingerprint density at radius 3 is 2.81 bits per heavy atom. The predicted octanol–water partition coefficient (Wildman–Crippen LogP) is 2.80. The zero-order valence-electron chi connectivity index (χ0n) is 17.5. The van der Waals surface area contributed by atoms with E-state index in [0.29, 0.717) is 38.2 Å². The monoisotopic (exact) mass is 468 g/mol. The number of aromatic nitrogens is 2. The van der Waals surface area contributed by atoms with Crippen molar-refractivity contribution >= 4 is 17.5 Å². The summed E-state index contributed by atoms with van der Waals surface area (Å²) in [6.07, 6.45) is 5.40. The zero-order chi connectivity index (χ0) is 22.3. The van der Waals surface area contributed by atoms with E-state index < -0.39 is 5.82 Å². The molecule has 1 saturated carbocycles. The molecule has 2 atom stereocenters. The molecule has 11 heteroatoms. The van der Waals surface area contributed by atoms with Gasteiger partial charge in [-0.1, -0.05) is 16.7 Å². The first-order valence-electron chi connectivity index (χ1n) is 10.7. The van der Waals surface area contributed by atoms with Gasteiger partial charge in [0.1, 0.15) is 18.2 Å². The lowest BCUT2D eigenvalue weighted by molar-refractivity contribution is -0.124. The highest BCUT2D eigenvalue weighted by Gasteiger charge is 2.27. The minimum Gasteiger partial charge on any atom is -0.484 e. The molecule has 0 unspecified atom stereocenters. The summed E-state index contributed by atoms with van der Waals surface area (Å²) in [6.45, 7) is 1.20. The summed E-state index contributed by atoms with van der Waals surface area (Å²) in [4.78, 5) is 12.1. The first-order valence-corrected chi connectivity index (χ1v) is 11.1. The fourth-order valence-corrected chi connectivity index (χ4v) is 3.59. The van der Waals surface area contributed by atoms with Crippen LogP contribution in [0.2, 0.25) is 5.02 Å². The molecule has 4 rings (SSSR count). The largest absolute Gasteiger partial charge is 0.484 e. The van der Waals surface area contributed by atoms with Gasteiger partial charge in [-0.15, -0.1) is 5.10 Å². The maximum absolute atomic E-state index is 13.4. The lowest BCUT2D eigenvalue weighted by Gasteiger charge is -2.28. The lowest BCUT2D eigenvalue weighted by atomic mass is 9.96. The molecule has 174 valence electrons. The molecule has 2 aromatic rings. The van der Waals surface area contributed by atoms with Crippen LogP contribution >= 0.6 is 11.6 Å². The standard InChI is InChI=1S/C21H26ClFN4O5/c22-16-6-5-15(10-17(16)23)31-12-19(28)25-13-4-7-18(24-11-13)20-26-27-21(32-20)30-9-8-29-14-2-1-3-14/h5-6,10,13-14,18,24H,1-4,7-9,11-12H2,(H,25,28)/t13-,18+/m0/s1. The van der Waals surface area contributed by atoms with Crippen molar-refractivity contribution < 1.29 is 27.8 Å². The summed E-state index contributed by atoms with van der Waals surface area (Å²) in [5.41, 5.74) is 0. The molecule has 2 heterocycles. The van der Waals surface area contributed by atoms with Gasteiger partial charge in [0.25, 0.3) is 5.91 Å². The van der Waals surface area contributed by atoms with Gasteiger partial charge in [0, 0.05) is 18.7 Å². The summed E-state index contributed by atoms with van der Waals surface area (Å²) < 4.78 is 35.4. The van der Waals surface area contributed by atoms with Gasteiger partial charge in [0.05, 0.1) is 23.8 Å². The molecule has 1 aliphatic heterocycles. The van der Waals surface area contributed by atoms with Gasteiger partial charge in [-0.2, -0.15) is 0 Å². The normalized spacial score (nSPS) is 21.1. The number of piperidine rings is 1. The third-order valence-electron chi connectivity index (χ3n) is 5.48. The fraction of sp³-hybridized carbons (Fsp3) is 0.571. The molecule has 0 spiro atoms. The van der Waals surface area contributed by atoms with Crippen LogP contribution in [0, 0.1) is 5.82 Å². The van der Waals surface area contributed by atoms with E-state index in [9.17, 15) is 9.18 Å². The second kappa shape index (κ2) is 10.9. The number of hydrogen-bond donors (Lipinski definition) is 2. The molecule has 2 N–H and O–H groups in total. The van der Waals surface area contributed by atoms with E-state index in [0.717, 1.165) is 25.3 Å². The molecular weight excluding hydrogens is 443 g/mol. The number of carbonyl (C=O) groups is 1. The van der Waals surface area contributed by atoms with Gasteiger partial charge in [0.2, 0.25) is 5.89 Å². The van der Waals surface area contributed by atoms with Crippen LogP contribution in [0.25, 0.3) is 0 Å². The van der Waals surface area contributed by atoms with Crippen molar-refractivity contribution in [3.8, 4) is 11.8 Å². The fourth-order valence-electron chi connectivity index (χ4n) is 3.48. The van der Waals surface area contributed by atoms with Crippen molar-refractivity contribution in [2.45, 2.75) is 50.3 Å². The Morgan fingerprint density at radius 1 is 1.22 bits per heavy atom. The molecule has 0 bridgehead atoms. The second-order valence-corrected chi connectivity index (χ2v) is 8.25. The van der Waals surface area contributed by atoms with Gasteiger partial charge in [0.15, 0.2) is 6.61 Å². The van der Waals surface area contributed by atoms with E-state index in [-0.39, 0.29) is 41.4 Å². The SMILES string of the molecule is O=C(COc1ccc(Cl)c(F)c1)N[C@H]1CC[C@H](c2nnc(OCCOC3CCC3)o2)NC1. The Hall–Kier alpha value is -2.43. The van der Waals surface area contributed by atoms with Crippen LogP contribution in [0.4, 0.5) is 4.39 Å². The van der Waals surface area contributed by atoms with E-state index in [1.54, 1.807) is 0 Å². The maximum atomic E-state index is 13.4. The molecule has 1 aliphatic carbocycles. The summed E-state index contributed by atoms with van der Waals surface area (Å²) >= 11 is 5.63. The third-order valence-corrected chi connectivity index (χ3v) is 5.78. The average Bonchev–Trinajstić information content (AvgIpc) is 3.22. The van der Waals surface area contributed by atoms with Crippen LogP contribution < -0.4 is 20.1 Å². The molecule has 9 nitrogen and oxygen atoms in total. The smallest absolute Gasteiger partial charge is 0.414 e. The van der Waals surface area contributed by atoms with Crippen LogP contribution in [0.1, 0.15) is 44.0 Å². The van der Waals surface area contributed by atoms with Crippen molar-refractivity contribution in [1.29, 1.82) is 0 Å². The highest BCUT2D eigenvalue weighted by molar-refractivity contribution is 6.30. The van der Waals surface area contributed by atoms with Gasteiger partial charge in [-0.05, 0) is 44.2 Å². The first kappa shape index (κ1) is 22.8. The molecule has 1 aromatic carbocycles. The lowest BCUT2D eigenvalue weighted by Crippen LogP contribution is -2.48. The molecule has 1 aromatic heterocycles. The summed E-state index contributed by atoms with van der Waals surface area (Å²) in [7, 11) is 0. The highest BCUT2D eigenvalue weighted by atomic mass is 35.5. The number of nitrogens with zero attached hydrogens (tertiary/aromatic N) is 2.